The fourth-order valence-electron chi connectivity index (χ4n) is 4.60. The molecule has 190 valence electrons. The molecule has 2 aromatic heterocycles. The molecule has 0 amide bonds. The molecule has 0 saturated heterocycles. The van der Waals surface area contributed by atoms with Gasteiger partial charge in [-0.05, 0) is 41.3 Å². The molecule has 7 heteroatoms. The quantitative estimate of drug-likeness (QED) is 0.238. The lowest BCUT2D eigenvalue weighted by atomic mass is 9.96. The minimum absolute atomic E-state index is 0.0161. The molecule has 0 fully saturated rings. The number of H-pyrrole nitrogens is 1. The van der Waals surface area contributed by atoms with Crippen LogP contribution < -0.4 is 5.32 Å². The van der Waals surface area contributed by atoms with Crippen molar-refractivity contribution < 1.29 is 9.53 Å². The van der Waals surface area contributed by atoms with E-state index in [1.807, 2.05) is 83.8 Å². The van der Waals surface area contributed by atoms with Gasteiger partial charge in [0, 0.05) is 48.1 Å². The van der Waals surface area contributed by atoms with Gasteiger partial charge < -0.3 is 15.0 Å². The van der Waals surface area contributed by atoms with E-state index in [-0.39, 0.29) is 5.78 Å². The van der Waals surface area contributed by atoms with Gasteiger partial charge in [0.1, 0.15) is 0 Å². The number of nitrogens with zero attached hydrogens (tertiary/aromatic N) is 3. The van der Waals surface area contributed by atoms with Gasteiger partial charge in [0.15, 0.2) is 5.78 Å². The maximum absolute atomic E-state index is 13.9. The van der Waals surface area contributed by atoms with Crippen molar-refractivity contribution in [3.05, 3.63) is 114 Å². The Balaban J connectivity index is 1.36. The second kappa shape index (κ2) is 11.7. The Hall–Kier alpha value is -4.51. The van der Waals surface area contributed by atoms with Gasteiger partial charge in [-0.3, -0.25) is 9.48 Å². The van der Waals surface area contributed by atoms with Gasteiger partial charge in [-0.15, -0.1) is 0 Å². The Labute approximate surface area is 221 Å². The normalized spacial score (nSPS) is 11.9. The smallest absolute Gasteiger partial charge is 0.186 e. The number of ether oxygens (including phenoxy) is 1. The molecule has 5 rings (SSSR count). The molecule has 1 atom stereocenters. The van der Waals surface area contributed by atoms with Crippen LogP contribution in [0.1, 0.15) is 33.1 Å². The first-order valence-electron chi connectivity index (χ1n) is 12.6. The van der Waals surface area contributed by atoms with Crippen molar-refractivity contribution in [3.8, 4) is 17.2 Å². The summed E-state index contributed by atoms with van der Waals surface area (Å²) in [6, 6.07) is 25.1. The van der Waals surface area contributed by atoms with E-state index in [1.165, 1.54) is 0 Å². The lowest BCUT2D eigenvalue weighted by Crippen LogP contribution is -2.30. The first-order chi connectivity index (χ1) is 18.7. The molecule has 0 aliphatic carbocycles. The first-order valence-corrected chi connectivity index (χ1v) is 12.6. The third-order valence-corrected chi connectivity index (χ3v) is 6.68. The van der Waals surface area contributed by atoms with Crippen LogP contribution in [0.5, 0.6) is 0 Å². The van der Waals surface area contributed by atoms with E-state index in [0.29, 0.717) is 30.8 Å². The number of aromatic nitrogens is 3. The molecular formula is C31H29N5O2. The fourth-order valence-corrected chi connectivity index (χ4v) is 4.60. The van der Waals surface area contributed by atoms with Crippen molar-refractivity contribution in [2.24, 2.45) is 0 Å². The van der Waals surface area contributed by atoms with Crippen molar-refractivity contribution in [2.45, 2.75) is 19.0 Å². The summed E-state index contributed by atoms with van der Waals surface area (Å²) in [4.78, 5) is 17.2. The minimum Gasteiger partial charge on any atom is -0.383 e. The van der Waals surface area contributed by atoms with Crippen LogP contribution in [0, 0.1) is 11.3 Å². The highest BCUT2D eigenvalue weighted by Crippen LogP contribution is 2.29. The zero-order valence-electron chi connectivity index (χ0n) is 21.2. The van der Waals surface area contributed by atoms with Crippen molar-refractivity contribution >= 4 is 16.7 Å². The minimum atomic E-state index is -0.479. The summed E-state index contributed by atoms with van der Waals surface area (Å²) in [5, 5.41) is 17.8. The molecular weight excluding hydrogens is 474 g/mol. The van der Waals surface area contributed by atoms with Gasteiger partial charge in [0.25, 0.3) is 0 Å². The number of carbonyl (C=O) groups excluding carboxylic acids is 1. The molecule has 0 aliphatic rings. The van der Waals surface area contributed by atoms with Gasteiger partial charge in [-0.25, -0.2) is 0 Å². The third-order valence-electron chi connectivity index (χ3n) is 6.68. The number of aromatic amines is 1. The summed E-state index contributed by atoms with van der Waals surface area (Å²) < 4.78 is 7.00. The maximum atomic E-state index is 13.9. The molecule has 0 bridgehead atoms. The highest BCUT2D eigenvalue weighted by molar-refractivity contribution is 6.11. The number of hydrogen-bond donors (Lipinski definition) is 2. The fraction of sp³-hybridized carbons (Fsp3) is 0.194. The van der Waals surface area contributed by atoms with Crippen LogP contribution in [-0.4, -0.2) is 40.8 Å². The van der Waals surface area contributed by atoms with E-state index in [4.69, 9.17) is 10.00 Å². The zero-order chi connectivity index (χ0) is 26.3. The number of rotatable bonds is 11. The summed E-state index contributed by atoms with van der Waals surface area (Å²) in [6.45, 7) is 1.92. The molecule has 0 unspecified atom stereocenters. The average Bonchev–Trinajstić information content (AvgIpc) is 3.62. The molecule has 7 nitrogen and oxygen atoms in total. The Morgan fingerprint density at radius 3 is 2.68 bits per heavy atom. The number of benzene rings is 3. The van der Waals surface area contributed by atoms with Crippen LogP contribution >= 0.6 is 0 Å². The van der Waals surface area contributed by atoms with Gasteiger partial charge in [0.2, 0.25) is 0 Å². The standard InChI is InChI=1S/C31H29N5O2/c1-38-16-15-36-21-26(19-35-36)25-11-12-27-28(20-34-29(27)17-25)31(37)30(24-5-3-2-4-6-24)33-14-13-22-7-9-23(18-32)10-8-22/h2-12,17,19-21,30,33-34H,13-16H2,1H3/t30-/m1/s1. The molecule has 0 aliphatic heterocycles. The van der Waals surface area contributed by atoms with Crippen LogP contribution in [0.2, 0.25) is 0 Å². The summed E-state index contributed by atoms with van der Waals surface area (Å²) in [5.74, 6) is 0.0161. The van der Waals surface area contributed by atoms with Gasteiger partial charge in [-0.2, -0.15) is 10.4 Å². The van der Waals surface area contributed by atoms with E-state index in [1.54, 1.807) is 13.3 Å². The highest BCUT2D eigenvalue weighted by Gasteiger charge is 2.24. The third kappa shape index (κ3) is 5.57. The van der Waals surface area contributed by atoms with Crippen LogP contribution in [0.4, 0.5) is 0 Å². The van der Waals surface area contributed by atoms with Crippen molar-refractivity contribution in [1.82, 2.24) is 20.1 Å². The van der Waals surface area contributed by atoms with Crippen LogP contribution in [0.25, 0.3) is 22.0 Å². The molecule has 2 N–H and O–H groups in total. The second-order valence-corrected chi connectivity index (χ2v) is 9.17. The predicted octanol–water partition coefficient (Wildman–Crippen LogP) is 5.31. The van der Waals surface area contributed by atoms with Gasteiger partial charge in [0.05, 0.1) is 37.0 Å². The van der Waals surface area contributed by atoms with Crippen LogP contribution in [0.15, 0.2) is 91.4 Å². The highest BCUT2D eigenvalue weighted by atomic mass is 16.5. The van der Waals surface area contributed by atoms with E-state index in [2.05, 4.69) is 27.5 Å². The maximum Gasteiger partial charge on any atom is 0.186 e. The summed E-state index contributed by atoms with van der Waals surface area (Å²) in [6.07, 6.45) is 6.39. The second-order valence-electron chi connectivity index (χ2n) is 9.17. The Bertz CT molecular complexity index is 1560. The number of hydrogen-bond acceptors (Lipinski definition) is 5. The van der Waals surface area contributed by atoms with Crippen molar-refractivity contribution in [3.63, 3.8) is 0 Å². The topological polar surface area (TPSA) is 95.7 Å². The van der Waals surface area contributed by atoms with Crippen LogP contribution in [0.3, 0.4) is 0 Å². The SMILES string of the molecule is COCCn1cc(-c2ccc3c(C(=O)[C@H](NCCc4ccc(C#N)cc4)c4ccccc4)c[nH]c3c2)cn1. The largest absolute Gasteiger partial charge is 0.383 e. The lowest BCUT2D eigenvalue weighted by Gasteiger charge is -2.18. The summed E-state index contributed by atoms with van der Waals surface area (Å²) in [7, 11) is 1.68. The number of nitriles is 1. The number of Topliss-reactive ketones (excluding diaryl/α,β-unsaturated/α-hetero) is 1. The monoisotopic (exact) mass is 503 g/mol. The Morgan fingerprint density at radius 1 is 1.11 bits per heavy atom. The number of nitrogens with one attached hydrogen (secondary N) is 2. The zero-order valence-corrected chi connectivity index (χ0v) is 21.2. The molecule has 2 heterocycles. The predicted molar refractivity (Wildman–Crippen MR) is 148 cm³/mol. The lowest BCUT2D eigenvalue weighted by molar-refractivity contribution is 0.0945. The van der Waals surface area contributed by atoms with Gasteiger partial charge >= 0.3 is 0 Å². The van der Waals surface area contributed by atoms with Crippen LogP contribution in [-0.2, 0) is 17.7 Å². The summed E-state index contributed by atoms with van der Waals surface area (Å²) >= 11 is 0. The molecule has 38 heavy (non-hydrogen) atoms. The first kappa shape index (κ1) is 25.2. The Kier molecular flexibility index (Phi) is 7.74. The number of ketones is 1. The number of carbonyl (C=O) groups is 1. The Morgan fingerprint density at radius 2 is 1.92 bits per heavy atom. The summed E-state index contributed by atoms with van der Waals surface area (Å²) in [5.41, 5.74) is 6.27. The van der Waals surface area contributed by atoms with E-state index < -0.39 is 6.04 Å². The van der Waals surface area contributed by atoms with Gasteiger partial charge in [-0.1, -0.05) is 54.6 Å². The average molecular weight is 504 g/mol. The number of fused-ring (bicyclic) bond motifs is 1. The molecule has 0 radical (unpaired) electrons. The number of methoxy groups -OCH3 is 1. The molecule has 0 saturated carbocycles. The van der Waals surface area contributed by atoms with E-state index in [0.717, 1.165) is 39.6 Å². The molecule has 5 aromatic rings. The molecule has 3 aromatic carbocycles. The van der Waals surface area contributed by atoms with Crippen molar-refractivity contribution in [2.75, 3.05) is 20.3 Å². The van der Waals surface area contributed by atoms with E-state index >= 15 is 0 Å². The van der Waals surface area contributed by atoms with E-state index in [9.17, 15) is 4.79 Å². The molecule has 0 spiro atoms. The van der Waals surface area contributed by atoms with Crippen molar-refractivity contribution in [1.29, 1.82) is 5.26 Å².